The van der Waals surface area contributed by atoms with Crippen molar-refractivity contribution in [2.45, 2.75) is 48.1 Å². The predicted octanol–water partition coefficient (Wildman–Crippen LogP) is 8.06. The molecule has 0 saturated heterocycles. The summed E-state index contributed by atoms with van der Waals surface area (Å²) in [5.41, 5.74) is 1.12. The predicted molar refractivity (Wildman–Crippen MR) is 113 cm³/mol. The monoisotopic (exact) mass is 366 g/mol. The molecule has 0 aliphatic heterocycles. The first-order valence-electron chi connectivity index (χ1n) is 8.22. The van der Waals surface area contributed by atoms with Crippen LogP contribution in [0.25, 0.3) is 0 Å². The molecule has 0 spiro atoms. The Morgan fingerprint density at radius 2 is 1.58 bits per heavy atom. The summed E-state index contributed by atoms with van der Waals surface area (Å²) in [5.74, 6) is 0.637. The quantitative estimate of drug-likeness (QED) is 0.356. The van der Waals surface area contributed by atoms with E-state index in [0.29, 0.717) is 12.4 Å². The zero-order chi connectivity index (χ0) is 19.0. The number of benzene rings is 1. The zero-order valence-electron chi connectivity index (χ0n) is 15.9. The molecule has 24 heavy (non-hydrogen) atoms. The fourth-order valence-electron chi connectivity index (χ4n) is 1.51. The molecule has 0 heterocycles. The molecule has 0 aromatic heterocycles. The van der Waals surface area contributed by atoms with Gasteiger partial charge in [0.1, 0.15) is 12.4 Å². The summed E-state index contributed by atoms with van der Waals surface area (Å²) < 4.78 is 5.61. The van der Waals surface area contributed by atoms with E-state index in [1.807, 2.05) is 84.0 Å². The van der Waals surface area contributed by atoms with Gasteiger partial charge in [-0.15, -0.1) is 0 Å². The standard InChI is InChI=1S/C17H19ClOS.2C2H6/c1-13(18)10-15(3)20-16(4)11-14(2)19-12-17-8-6-5-7-9-17;2*1-2/h5-11H,2-3,12H2,1,4H3;2*1-2H3/b13-10+,16-11+;;. The van der Waals surface area contributed by atoms with E-state index in [1.54, 1.807) is 11.8 Å². The molecule has 1 rings (SSSR count). The highest BCUT2D eigenvalue weighted by molar-refractivity contribution is 8.06. The third-order valence-corrected chi connectivity index (χ3v) is 3.21. The third-order valence-electron chi connectivity index (χ3n) is 2.28. The van der Waals surface area contributed by atoms with E-state index >= 15 is 0 Å². The Hall–Kier alpha value is -1.38. The highest BCUT2D eigenvalue weighted by Gasteiger charge is 1.98. The maximum atomic E-state index is 5.80. The lowest BCUT2D eigenvalue weighted by Gasteiger charge is -2.07. The van der Waals surface area contributed by atoms with Gasteiger partial charge in [-0.3, -0.25) is 0 Å². The van der Waals surface area contributed by atoms with Gasteiger partial charge in [-0.1, -0.05) is 94.5 Å². The number of hydrogen-bond acceptors (Lipinski definition) is 2. The molecule has 134 valence electrons. The van der Waals surface area contributed by atoms with Crippen molar-refractivity contribution < 1.29 is 4.74 Å². The first kappa shape index (κ1) is 24.9. The molecule has 0 aliphatic rings. The van der Waals surface area contributed by atoms with Gasteiger partial charge in [0.15, 0.2) is 0 Å². The van der Waals surface area contributed by atoms with Gasteiger partial charge >= 0.3 is 0 Å². The molecule has 0 amide bonds. The SMILES string of the molecule is C=C(/C=C(\C)SC(=C)/C=C(\C)Cl)OCc1ccccc1.CC.CC. The fraction of sp³-hybridized carbons (Fsp3) is 0.333. The number of rotatable bonds is 7. The van der Waals surface area contributed by atoms with Crippen LogP contribution in [0.2, 0.25) is 0 Å². The van der Waals surface area contributed by atoms with Crippen LogP contribution in [0.15, 0.2) is 76.2 Å². The number of hydrogen-bond donors (Lipinski definition) is 0. The minimum Gasteiger partial charge on any atom is -0.490 e. The van der Waals surface area contributed by atoms with Gasteiger partial charge in [-0.05, 0) is 36.5 Å². The molecule has 1 aromatic rings. The largest absolute Gasteiger partial charge is 0.490 e. The Labute approximate surface area is 158 Å². The minimum absolute atomic E-state index is 0.524. The maximum absolute atomic E-state index is 5.80. The van der Waals surface area contributed by atoms with E-state index in [4.69, 9.17) is 16.3 Å². The second kappa shape index (κ2) is 16.5. The van der Waals surface area contributed by atoms with E-state index in [9.17, 15) is 0 Å². The van der Waals surface area contributed by atoms with Crippen LogP contribution in [0.5, 0.6) is 0 Å². The van der Waals surface area contributed by atoms with Crippen molar-refractivity contribution >= 4 is 23.4 Å². The van der Waals surface area contributed by atoms with E-state index in [2.05, 4.69) is 13.2 Å². The molecule has 0 aliphatic carbocycles. The lowest BCUT2D eigenvalue weighted by molar-refractivity contribution is 0.212. The van der Waals surface area contributed by atoms with Gasteiger partial charge < -0.3 is 4.74 Å². The summed E-state index contributed by atoms with van der Waals surface area (Å²) in [6, 6.07) is 10.0. The van der Waals surface area contributed by atoms with E-state index in [1.165, 1.54) is 0 Å². The summed E-state index contributed by atoms with van der Waals surface area (Å²) >= 11 is 7.35. The van der Waals surface area contributed by atoms with Crippen molar-refractivity contribution in [1.82, 2.24) is 0 Å². The first-order valence-corrected chi connectivity index (χ1v) is 9.41. The van der Waals surface area contributed by atoms with Crippen molar-refractivity contribution in [2.75, 3.05) is 0 Å². The topological polar surface area (TPSA) is 9.23 Å². The molecule has 0 unspecified atom stereocenters. The average Bonchev–Trinajstić information content (AvgIpc) is 2.56. The molecule has 0 fully saturated rings. The van der Waals surface area contributed by atoms with Crippen molar-refractivity contribution in [2.24, 2.45) is 0 Å². The first-order chi connectivity index (χ1) is 11.5. The van der Waals surface area contributed by atoms with E-state index < -0.39 is 0 Å². The van der Waals surface area contributed by atoms with Gasteiger partial charge in [0.2, 0.25) is 0 Å². The van der Waals surface area contributed by atoms with Gasteiger partial charge in [-0.25, -0.2) is 0 Å². The van der Waals surface area contributed by atoms with Crippen molar-refractivity contribution in [1.29, 1.82) is 0 Å². The summed E-state index contributed by atoms with van der Waals surface area (Å²) in [6.07, 6.45) is 3.73. The Kier molecular flexibility index (Phi) is 17.1. The number of thioether (sulfide) groups is 1. The Bertz CT molecular complexity index is 526. The fourth-order valence-corrected chi connectivity index (χ4v) is 2.54. The molecule has 3 heteroatoms. The second-order valence-corrected chi connectivity index (χ2v) is 6.26. The molecule has 0 saturated carbocycles. The molecule has 0 bridgehead atoms. The van der Waals surface area contributed by atoms with Gasteiger partial charge in [-0.2, -0.15) is 0 Å². The summed E-state index contributed by atoms with van der Waals surface area (Å²) in [6.45, 7) is 20.2. The van der Waals surface area contributed by atoms with Crippen LogP contribution < -0.4 is 0 Å². The van der Waals surface area contributed by atoms with Crippen molar-refractivity contribution in [3.63, 3.8) is 0 Å². The minimum atomic E-state index is 0.524. The van der Waals surface area contributed by atoms with Crippen LogP contribution in [0.3, 0.4) is 0 Å². The van der Waals surface area contributed by atoms with Crippen LogP contribution in [-0.4, -0.2) is 0 Å². The van der Waals surface area contributed by atoms with Crippen LogP contribution in [0.1, 0.15) is 47.1 Å². The molecule has 1 aromatic carbocycles. The van der Waals surface area contributed by atoms with Crippen LogP contribution in [0, 0.1) is 0 Å². The van der Waals surface area contributed by atoms with Gasteiger partial charge in [0.25, 0.3) is 0 Å². The highest BCUT2D eigenvalue weighted by Crippen LogP contribution is 2.27. The van der Waals surface area contributed by atoms with E-state index in [-0.39, 0.29) is 0 Å². The normalized spacial score (nSPS) is 10.6. The lowest BCUT2D eigenvalue weighted by Crippen LogP contribution is -1.90. The summed E-state index contributed by atoms with van der Waals surface area (Å²) in [7, 11) is 0. The van der Waals surface area contributed by atoms with E-state index in [0.717, 1.165) is 20.4 Å². The highest BCUT2D eigenvalue weighted by atomic mass is 35.5. The Morgan fingerprint density at radius 1 is 1.04 bits per heavy atom. The smallest absolute Gasteiger partial charge is 0.113 e. The third kappa shape index (κ3) is 14.2. The number of halogens is 1. The van der Waals surface area contributed by atoms with Crippen molar-refractivity contribution in [3.8, 4) is 0 Å². The molecule has 0 radical (unpaired) electrons. The number of ether oxygens (including phenoxy) is 1. The van der Waals surface area contributed by atoms with Crippen LogP contribution in [-0.2, 0) is 11.3 Å². The van der Waals surface area contributed by atoms with Gasteiger partial charge in [0.05, 0.1) is 0 Å². The molecular formula is C21H31ClOS. The summed E-state index contributed by atoms with van der Waals surface area (Å²) in [5, 5.41) is 0.717. The zero-order valence-corrected chi connectivity index (χ0v) is 17.4. The summed E-state index contributed by atoms with van der Waals surface area (Å²) in [4.78, 5) is 1.95. The lowest BCUT2D eigenvalue weighted by atomic mass is 10.2. The number of allylic oxidation sites excluding steroid dienone is 4. The molecular weight excluding hydrogens is 336 g/mol. The van der Waals surface area contributed by atoms with Crippen LogP contribution >= 0.6 is 23.4 Å². The van der Waals surface area contributed by atoms with Crippen LogP contribution in [0.4, 0.5) is 0 Å². The average molecular weight is 367 g/mol. The molecule has 1 nitrogen and oxygen atoms in total. The molecule has 0 atom stereocenters. The maximum Gasteiger partial charge on any atom is 0.113 e. The van der Waals surface area contributed by atoms with Gasteiger partial charge in [0, 0.05) is 9.94 Å². The molecule has 0 N–H and O–H groups in total. The Balaban J connectivity index is 0. The second-order valence-electron chi connectivity index (χ2n) is 4.30. The van der Waals surface area contributed by atoms with Crippen molar-refractivity contribution in [3.05, 3.63) is 81.8 Å². The Morgan fingerprint density at radius 3 is 2.08 bits per heavy atom.